The topological polar surface area (TPSA) is 49.3 Å². The first kappa shape index (κ1) is 12.7. The second-order valence-electron chi connectivity index (χ2n) is 4.89. The largest absolute Gasteiger partial charge is 0.507 e. The van der Waals surface area contributed by atoms with Gasteiger partial charge < -0.3 is 10.4 Å². The summed E-state index contributed by atoms with van der Waals surface area (Å²) in [6.45, 7) is 2.09. The van der Waals surface area contributed by atoms with E-state index in [1.165, 1.54) is 18.9 Å². The molecule has 3 nitrogen and oxygen atoms in total. The second kappa shape index (κ2) is 4.84. The Balaban J connectivity index is 2.11. The predicted molar refractivity (Wildman–Crippen MR) is 75.2 cm³/mol. The fraction of sp³-hybridized carbons (Fsp3) is 0.462. The van der Waals surface area contributed by atoms with Gasteiger partial charge in [-0.3, -0.25) is 4.79 Å². The molecule has 1 aliphatic carbocycles. The highest BCUT2D eigenvalue weighted by atomic mass is 127. The molecule has 2 N–H and O–H groups in total. The lowest BCUT2D eigenvalue weighted by molar-refractivity contribution is 0.0907. The van der Waals surface area contributed by atoms with Crippen molar-refractivity contribution >= 4 is 28.5 Å². The molecule has 2 rings (SSSR count). The molecule has 92 valence electrons. The monoisotopic (exact) mass is 345 g/mol. The number of phenolic OH excluding ortho intramolecular Hbond substituents is 1. The Morgan fingerprint density at radius 3 is 2.65 bits per heavy atom. The number of hydrogen-bond acceptors (Lipinski definition) is 2. The van der Waals surface area contributed by atoms with Gasteiger partial charge in [-0.2, -0.15) is 0 Å². The lowest BCUT2D eigenvalue weighted by atomic mass is 10.00. The number of rotatable bonds is 2. The Labute approximate surface area is 115 Å². The summed E-state index contributed by atoms with van der Waals surface area (Å²) in [4.78, 5) is 12.0. The summed E-state index contributed by atoms with van der Waals surface area (Å²) in [6.07, 6.45) is 4.42. The van der Waals surface area contributed by atoms with Crippen LogP contribution in [0.25, 0.3) is 0 Å². The van der Waals surface area contributed by atoms with E-state index in [1.807, 2.05) is 22.6 Å². The van der Waals surface area contributed by atoms with Crippen LogP contribution in [0.4, 0.5) is 0 Å². The number of halogens is 1. The number of carbonyl (C=O) groups excluding carboxylic acids is 1. The van der Waals surface area contributed by atoms with Crippen LogP contribution in [0.15, 0.2) is 18.2 Å². The third kappa shape index (κ3) is 2.91. The molecule has 1 aromatic rings. The summed E-state index contributed by atoms with van der Waals surface area (Å²) in [7, 11) is 0. The van der Waals surface area contributed by atoms with E-state index in [0.29, 0.717) is 5.56 Å². The molecular weight excluding hydrogens is 329 g/mol. The fourth-order valence-corrected chi connectivity index (χ4v) is 2.62. The smallest absolute Gasteiger partial charge is 0.251 e. The quantitative estimate of drug-likeness (QED) is 0.810. The fourth-order valence-electron chi connectivity index (χ4n) is 2.28. The molecule has 1 aliphatic rings. The maximum absolute atomic E-state index is 12.0. The molecule has 0 aromatic heterocycles. The molecule has 1 aromatic carbocycles. The molecule has 0 radical (unpaired) electrons. The molecule has 0 unspecified atom stereocenters. The third-order valence-corrected chi connectivity index (χ3v) is 4.24. The van der Waals surface area contributed by atoms with Gasteiger partial charge in [0, 0.05) is 11.1 Å². The Morgan fingerprint density at radius 1 is 1.41 bits per heavy atom. The maximum atomic E-state index is 12.0. The van der Waals surface area contributed by atoms with Crippen molar-refractivity contribution in [3.63, 3.8) is 0 Å². The minimum absolute atomic E-state index is 0.0737. The molecule has 1 saturated carbocycles. The summed E-state index contributed by atoms with van der Waals surface area (Å²) >= 11 is 2.04. The first-order chi connectivity index (χ1) is 8.00. The van der Waals surface area contributed by atoms with Crippen LogP contribution < -0.4 is 5.32 Å². The van der Waals surface area contributed by atoms with Crippen molar-refractivity contribution in [1.82, 2.24) is 5.32 Å². The Bertz CT molecular complexity index is 439. The SMILES string of the molecule is CC1(NC(=O)c2ccc(I)c(O)c2)CCCC1. The van der Waals surface area contributed by atoms with Gasteiger partial charge in [0.25, 0.3) is 5.91 Å². The van der Waals surface area contributed by atoms with E-state index in [0.717, 1.165) is 16.4 Å². The van der Waals surface area contributed by atoms with Crippen molar-refractivity contribution in [2.24, 2.45) is 0 Å². The van der Waals surface area contributed by atoms with E-state index in [4.69, 9.17) is 0 Å². The third-order valence-electron chi connectivity index (χ3n) is 3.33. The highest BCUT2D eigenvalue weighted by Gasteiger charge is 2.30. The van der Waals surface area contributed by atoms with Crippen molar-refractivity contribution in [3.05, 3.63) is 27.3 Å². The lowest BCUT2D eigenvalue weighted by Gasteiger charge is -2.25. The number of phenols is 1. The average molecular weight is 345 g/mol. The van der Waals surface area contributed by atoms with Crippen molar-refractivity contribution < 1.29 is 9.90 Å². The minimum Gasteiger partial charge on any atom is -0.507 e. The lowest BCUT2D eigenvalue weighted by Crippen LogP contribution is -2.43. The highest BCUT2D eigenvalue weighted by Crippen LogP contribution is 2.29. The molecule has 1 amide bonds. The van der Waals surface area contributed by atoms with Gasteiger partial charge in [0.1, 0.15) is 5.75 Å². The zero-order chi connectivity index (χ0) is 12.5. The Morgan fingerprint density at radius 2 is 2.06 bits per heavy atom. The van der Waals surface area contributed by atoms with Gasteiger partial charge in [-0.15, -0.1) is 0 Å². The van der Waals surface area contributed by atoms with E-state index in [1.54, 1.807) is 12.1 Å². The van der Waals surface area contributed by atoms with Crippen LogP contribution in [-0.4, -0.2) is 16.6 Å². The Kier molecular flexibility index (Phi) is 3.61. The molecule has 4 heteroatoms. The molecule has 17 heavy (non-hydrogen) atoms. The molecule has 0 saturated heterocycles. The molecule has 0 atom stereocenters. The molecule has 0 heterocycles. The molecule has 0 bridgehead atoms. The Hall–Kier alpha value is -0.780. The minimum atomic E-state index is -0.0962. The van der Waals surface area contributed by atoms with Crippen LogP contribution in [0.3, 0.4) is 0 Å². The summed E-state index contributed by atoms with van der Waals surface area (Å²) in [5, 5.41) is 12.7. The molecular formula is C13H16INO2. The number of benzene rings is 1. The summed E-state index contributed by atoms with van der Waals surface area (Å²) < 4.78 is 0.756. The average Bonchev–Trinajstić information content (AvgIpc) is 2.69. The van der Waals surface area contributed by atoms with Gasteiger partial charge in [-0.25, -0.2) is 0 Å². The van der Waals surface area contributed by atoms with Gasteiger partial charge in [0.15, 0.2) is 0 Å². The van der Waals surface area contributed by atoms with E-state index < -0.39 is 0 Å². The number of carbonyl (C=O) groups is 1. The van der Waals surface area contributed by atoms with Crippen LogP contribution in [0.2, 0.25) is 0 Å². The highest BCUT2D eigenvalue weighted by molar-refractivity contribution is 14.1. The van der Waals surface area contributed by atoms with E-state index >= 15 is 0 Å². The van der Waals surface area contributed by atoms with Gasteiger partial charge >= 0.3 is 0 Å². The summed E-state index contributed by atoms with van der Waals surface area (Å²) in [6, 6.07) is 5.02. The van der Waals surface area contributed by atoms with Crippen molar-refractivity contribution in [2.45, 2.75) is 38.1 Å². The number of nitrogens with one attached hydrogen (secondary N) is 1. The van der Waals surface area contributed by atoms with E-state index in [-0.39, 0.29) is 17.2 Å². The number of hydrogen-bond donors (Lipinski definition) is 2. The standard InChI is InChI=1S/C13H16INO2/c1-13(6-2-3-7-13)15-12(17)9-4-5-10(14)11(16)8-9/h4-5,8,16H,2-3,6-7H2,1H3,(H,15,17). The van der Waals surface area contributed by atoms with Crippen LogP contribution >= 0.6 is 22.6 Å². The van der Waals surface area contributed by atoms with Crippen molar-refractivity contribution in [2.75, 3.05) is 0 Å². The van der Waals surface area contributed by atoms with E-state index in [2.05, 4.69) is 12.2 Å². The summed E-state index contributed by atoms with van der Waals surface area (Å²) in [5.41, 5.74) is 0.450. The molecule has 0 aliphatic heterocycles. The van der Waals surface area contributed by atoms with Gasteiger partial charge in [-0.1, -0.05) is 12.8 Å². The normalized spacial score (nSPS) is 18.0. The zero-order valence-electron chi connectivity index (χ0n) is 9.79. The van der Waals surface area contributed by atoms with Gasteiger partial charge in [-0.05, 0) is 60.6 Å². The van der Waals surface area contributed by atoms with Crippen LogP contribution in [0, 0.1) is 3.57 Å². The number of amides is 1. The maximum Gasteiger partial charge on any atom is 0.251 e. The number of aromatic hydroxyl groups is 1. The van der Waals surface area contributed by atoms with E-state index in [9.17, 15) is 9.90 Å². The second-order valence-corrected chi connectivity index (χ2v) is 6.05. The molecule has 1 fully saturated rings. The van der Waals surface area contributed by atoms with Crippen LogP contribution in [-0.2, 0) is 0 Å². The summed E-state index contributed by atoms with van der Waals surface area (Å²) in [5.74, 6) is 0.0657. The van der Waals surface area contributed by atoms with Crippen LogP contribution in [0.5, 0.6) is 5.75 Å². The predicted octanol–water partition coefficient (Wildman–Crippen LogP) is 3.06. The molecule has 0 spiro atoms. The van der Waals surface area contributed by atoms with Gasteiger partial charge in [0.05, 0.1) is 3.57 Å². The van der Waals surface area contributed by atoms with Crippen molar-refractivity contribution in [3.8, 4) is 5.75 Å². The van der Waals surface area contributed by atoms with Gasteiger partial charge in [0.2, 0.25) is 0 Å². The first-order valence-electron chi connectivity index (χ1n) is 5.81. The first-order valence-corrected chi connectivity index (χ1v) is 6.89. The zero-order valence-corrected chi connectivity index (χ0v) is 12.0. The van der Waals surface area contributed by atoms with Crippen LogP contribution in [0.1, 0.15) is 43.0 Å². The van der Waals surface area contributed by atoms with Crippen molar-refractivity contribution in [1.29, 1.82) is 0 Å².